The number of ether oxygens (including phenoxy) is 1. The van der Waals surface area contributed by atoms with Gasteiger partial charge in [-0.05, 0) is 24.6 Å². The van der Waals surface area contributed by atoms with Gasteiger partial charge >= 0.3 is 0 Å². The minimum absolute atomic E-state index is 0.182. The molecule has 1 heterocycles. The van der Waals surface area contributed by atoms with E-state index in [1.54, 1.807) is 24.3 Å². The summed E-state index contributed by atoms with van der Waals surface area (Å²) in [6.07, 6.45) is 0.538. The third-order valence-electron chi connectivity index (χ3n) is 3.16. The lowest BCUT2D eigenvalue weighted by Gasteiger charge is -2.34. The first kappa shape index (κ1) is 14.5. The highest BCUT2D eigenvalue weighted by molar-refractivity contribution is 7.89. The van der Waals surface area contributed by atoms with Gasteiger partial charge in [0.25, 0.3) is 0 Å². The average molecular weight is 283 g/mol. The summed E-state index contributed by atoms with van der Waals surface area (Å²) in [5.41, 5.74) is 0. The van der Waals surface area contributed by atoms with Gasteiger partial charge in [-0.25, -0.2) is 8.42 Å². The molecular weight excluding hydrogens is 264 g/mol. The van der Waals surface area contributed by atoms with Gasteiger partial charge in [0.2, 0.25) is 10.0 Å². The van der Waals surface area contributed by atoms with Gasteiger partial charge in [0.15, 0.2) is 0 Å². The maximum Gasteiger partial charge on any atom is 0.241 e. The van der Waals surface area contributed by atoms with E-state index in [0.29, 0.717) is 13.2 Å². The van der Waals surface area contributed by atoms with Crippen molar-refractivity contribution in [2.75, 3.05) is 26.3 Å². The van der Waals surface area contributed by atoms with Crippen LogP contribution in [-0.4, -0.2) is 45.8 Å². The normalized spacial score (nSPS) is 19.2. The van der Waals surface area contributed by atoms with E-state index in [1.165, 1.54) is 0 Å². The molecular formula is C13H19N2O3S. The van der Waals surface area contributed by atoms with Crippen LogP contribution < -0.4 is 4.72 Å². The largest absolute Gasteiger partial charge is 0.379 e. The summed E-state index contributed by atoms with van der Waals surface area (Å²) in [6.45, 7) is 4.78. The van der Waals surface area contributed by atoms with Crippen LogP contribution in [0.15, 0.2) is 29.2 Å². The van der Waals surface area contributed by atoms with E-state index in [-0.39, 0.29) is 11.1 Å². The van der Waals surface area contributed by atoms with Gasteiger partial charge in [0, 0.05) is 13.1 Å². The fourth-order valence-electron chi connectivity index (χ4n) is 2.10. The third kappa shape index (κ3) is 3.76. The fourth-order valence-corrected chi connectivity index (χ4v) is 3.41. The minimum atomic E-state index is -3.47. The van der Waals surface area contributed by atoms with Crippen molar-refractivity contribution in [3.8, 4) is 0 Å². The Hall–Kier alpha value is -0.950. The summed E-state index contributed by atoms with van der Waals surface area (Å²) in [5, 5.41) is 0. The van der Waals surface area contributed by atoms with E-state index >= 15 is 0 Å². The molecule has 0 amide bonds. The summed E-state index contributed by atoms with van der Waals surface area (Å²) in [7, 11) is -3.47. The Morgan fingerprint density at radius 1 is 1.37 bits per heavy atom. The van der Waals surface area contributed by atoms with Gasteiger partial charge in [-0.3, -0.25) is 4.90 Å². The molecule has 1 aliphatic rings. The van der Waals surface area contributed by atoms with Gasteiger partial charge in [-0.2, -0.15) is 4.72 Å². The highest BCUT2D eigenvalue weighted by Gasteiger charge is 2.24. The quantitative estimate of drug-likeness (QED) is 0.870. The molecule has 1 aromatic rings. The molecule has 19 heavy (non-hydrogen) atoms. The molecule has 105 valence electrons. The second-order valence-corrected chi connectivity index (χ2v) is 6.14. The highest BCUT2D eigenvalue weighted by Crippen LogP contribution is 2.12. The molecule has 0 bridgehead atoms. The maximum atomic E-state index is 12.3. The van der Waals surface area contributed by atoms with Crippen LogP contribution in [0.2, 0.25) is 0 Å². The number of rotatable bonds is 5. The van der Waals surface area contributed by atoms with E-state index in [9.17, 15) is 8.42 Å². The third-order valence-corrected chi connectivity index (χ3v) is 4.64. The fraction of sp³-hybridized carbons (Fsp3) is 0.538. The molecule has 5 nitrogen and oxygen atoms in total. The molecule has 1 aromatic carbocycles. The number of nitrogens with one attached hydrogen (secondary N) is 1. The number of hydrogen-bond donors (Lipinski definition) is 1. The molecule has 0 aliphatic carbocycles. The van der Waals surface area contributed by atoms with E-state index in [1.807, 2.05) is 6.92 Å². The molecule has 1 unspecified atom stereocenters. The van der Waals surface area contributed by atoms with Crippen molar-refractivity contribution >= 4 is 10.0 Å². The Balaban J connectivity index is 2.09. The van der Waals surface area contributed by atoms with Crippen LogP contribution in [0.25, 0.3) is 0 Å². The van der Waals surface area contributed by atoms with E-state index in [0.717, 1.165) is 19.5 Å². The van der Waals surface area contributed by atoms with Crippen LogP contribution in [0.3, 0.4) is 0 Å². The second kappa shape index (κ2) is 6.47. The highest BCUT2D eigenvalue weighted by atomic mass is 32.2. The molecule has 0 aromatic heterocycles. The lowest BCUT2D eigenvalue weighted by molar-refractivity contribution is 0.0133. The van der Waals surface area contributed by atoms with Crippen LogP contribution in [-0.2, 0) is 14.8 Å². The summed E-state index contributed by atoms with van der Waals surface area (Å²) < 4.78 is 32.6. The zero-order chi connectivity index (χ0) is 13.7. The topological polar surface area (TPSA) is 58.6 Å². The smallest absolute Gasteiger partial charge is 0.241 e. The number of nitrogens with zero attached hydrogens (tertiary/aromatic N) is 1. The molecule has 2 rings (SSSR count). The number of morpholine rings is 1. The van der Waals surface area contributed by atoms with Gasteiger partial charge in [0.05, 0.1) is 24.3 Å². The Bertz CT molecular complexity index is 484. The van der Waals surface area contributed by atoms with Crippen molar-refractivity contribution in [3.63, 3.8) is 0 Å². The van der Waals surface area contributed by atoms with Crippen LogP contribution in [0.1, 0.15) is 13.3 Å². The zero-order valence-electron chi connectivity index (χ0n) is 11.0. The number of sulfonamides is 1. The van der Waals surface area contributed by atoms with Crippen LogP contribution in [0.5, 0.6) is 0 Å². The molecule has 1 fully saturated rings. The molecule has 1 atom stereocenters. The van der Waals surface area contributed by atoms with Crippen molar-refractivity contribution in [1.29, 1.82) is 0 Å². The zero-order valence-corrected chi connectivity index (χ0v) is 11.8. The van der Waals surface area contributed by atoms with Gasteiger partial charge in [-0.15, -0.1) is 0 Å². The summed E-state index contributed by atoms with van der Waals surface area (Å²) in [5.74, 6) is 0. The van der Waals surface area contributed by atoms with E-state index < -0.39 is 10.0 Å². The van der Waals surface area contributed by atoms with E-state index in [2.05, 4.69) is 15.7 Å². The molecule has 1 N–H and O–H groups in total. The maximum absolute atomic E-state index is 12.3. The van der Waals surface area contributed by atoms with Crippen LogP contribution in [0, 0.1) is 6.07 Å². The van der Waals surface area contributed by atoms with Crippen LogP contribution in [0.4, 0.5) is 0 Å². The van der Waals surface area contributed by atoms with Crippen molar-refractivity contribution in [2.45, 2.75) is 24.4 Å². The average Bonchev–Trinajstić information content (AvgIpc) is 2.47. The Morgan fingerprint density at radius 2 is 2.00 bits per heavy atom. The number of hydrogen-bond acceptors (Lipinski definition) is 4. The Morgan fingerprint density at radius 3 is 2.58 bits per heavy atom. The molecule has 0 saturated carbocycles. The van der Waals surface area contributed by atoms with Crippen molar-refractivity contribution in [1.82, 2.24) is 9.62 Å². The second-order valence-electron chi connectivity index (χ2n) is 4.43. The van der Waals surface area contributed by atoms with Crippen molar-refractivity contribution in [3.05, 3.63) is 30.3 Å². The van der Waals surface area contributed by atoms with Crippen molar-refractivity contribution in [2.24, 2.45) is 0 Å². The molecule has 1 saturated heterocycles. The molecule has 6 heteroatoms. The molecule has 0 spiro atoms. The first-order valence-electron chi connectivity index (χ1n) is 6.43. The first-order chi connectivity index (χ1) is 9.13. The lowest BCUT2D eigenvalue weighted by atomic mass is 10.3. The lowest BCUT2D eigenvalue weighted by Crippen LogP contribution is -2.51. The molecule has 1 aliphatic heterocycles. The predicted octanol–water partition coefficient (Wildman–Crippen LogP) is 0.833. The summed E-state index contributed by atoms with van der Waals surface area (Å²) in [4.78, 5) is 2.38. The first-order valence-corrected chi connectivity index (χ1v) is 7.92. The standard InChI is InChI=1S/C13H19N2O3S/c1-2-13(15-8-10-18-11-9-15)14-19(16,17)12-6-4-3-5-7-12/h4-7,13-14H,2,8-11H2,1H3. The minimum Gasteiger partial charge on any atom is -0.379 e. The SMILES string of the molecule is CCC(NS(=O)(=O)c1cc[c]cc1)N1CCOCC1. The number of benzene rings is 1. The predicted molar refractivity (Wildman–Crippen MR) is 72.1 cm³/mol. The Labute approximate surface area is 114 Å². The van der Waals surface area contributed by atoms with E-state index in [4.69, 9.17) is 4.74 Å². The van der Waals surface area contributed by atoms with Crippen LogP contribution >= 0.6 is 0 Å². The monoisotopic (exact) mass is 283 g/mol. The van der Waals surface area contributed by atoms with Gasteiger partial charge < -0.3 is 4.74 Å². The van der Waals surface area contributed by atoms with Gasteiger partial charge in [0.1, 0.15) is 0 Å². The summed E-state index contributed by atoms with van der Waals surface area (Å²) in [6, 6.07) is 9.12. The molecule has 1 radical (unpaired) electrons. The van der Waals surface area contributed by atoms with Crippen molar-refractivity contribution < 1.29 is 13.2 Å². The van der Waals surface area contributed by atoms with Gasteiger partial charge in [-0.1, -0.05) is 19.1 Å². The Kier molecular flexibility index (Phi) is 4.93. The summed E-state index contributed by atoms with van der Waals surface area (Å²) >= 11 is 0.